The van der Waals surface area contributed by atoms with E-state index in [1.165, 1.54) is 0 Å². The summed E-state index contributed by atoms with van der Waals surface area (Å²) < 4.78 is 11.5. The number of thiocarbonyl (C=S) groups is 1. The molecular formula is C24H25NO5S2. The molecule has 1 atom stereocenters. The van der Waals surface area contributed by atoms with Gasteiger partial charge in [-0.2, -0.15) is 0 Å². The standard InChI is InChI=1S/C24H25NO5S2/c1-3-4-8-13-30-18-12-11-16(14-19(18)29-2)15-20-22(26)25(24(31)32-20)21(23(27)28)17-9-6-5-7-10-17/h5-7,9-12,14-15,21H,3-4,8,13H2,1-2H3,(H,27,28)/b20-15-/t21-/m1/s1. The lowest BCUT2D eigenvalue weighted by molar-refractivity contribution is -0.145. The first kappa shape index (κ1) is 23.8. The fraction of sp³-hybridized carbons (Fsp3) is 0.292. The molecule has 1 aliphatic heterocycles. The van der Waals surface area contributed by atoms with Crippen LogP contribution in [0.25, 0.3) is 6.08 Å². The molecule has 0 aromatic heterocycles. The van der Waals surface area contributed by atoms with Crippen LogP contribution in [-0.4, -0.2) is 39.9 Å². The zero-order chi connectivity index (χ0) is 23.1. The molecule has 0 radical (unpaired) electrons. The number of benzene rings is 2. The van der Waals surface area contributed by atoms with Crippen LogP contribution < -0.4 is 9.47 Å². The molecule has 3 rings (SSSR count). The zero-order valence-electron chi connectivity index (χ0n) is 17.9. The molecule has 1 amide bonds. The monoisotopic (exact) mass is 471 g/mol. The highest BCUT2D eigenvalue weighted by molar-refractivity contribution is 8.26. The second-order valence-electron chi connectivity index (χ2n) is 7.17. The van der Waals surface area contributed by atoms with Crippen molar-refractivity contribution in [2.45, 2.75) is 32.2 Å². The lowest BCUT2D eigenvalue weighted by atomic mass is 10.1. The molecular weight excluding hydrogens is 446 g/mol. The third kappa shape index (κ3) is 5.49. The molecule has 168 valence electrons. The van der Waals surface area contributed by atoms with Crippen LogP contribution >= 0.6 is 24.0 Å². The third-order valence-corrected chi connectivity index (χ3v) is 6.25. The number of carbonyl (C=O) groups is 2. The Morgan fingerprint density at radius 2 is 1.94 bits per heavy atom. The largest absolute Gasteiger partial charge is 0.493 e. The van der Waals surface area contributed by atoms with Gasteiger partial charge in [-0.3, -0.25) is 9.69 Å². The van der Waals surface area contributed by atoms with Crippen molar-refractivity contribution in [1.82, 2.24) is 4.90 Å². The lowest BCUT2D eigenvalue weighted by Crippen LogP contribution is -2.37. The Kier molecular flexibility index (Phi) is 8.30. The summed E-state index contributed by atoms with van der Waals surface area (Å²) >= 11 is 6.45. The average molecular weight is 472 g/mol. The number of unbranched alkanes of at least 4 members (excludes halogenated alkanes) is 2. The van der Waals surface area contributed by atoms with Gasteiger partial charge in [-0.05, 0) is 35.8 Å². The molecule has 1 fully saturated rings. The minimum atomic E-state index is -1.18. The summed E-state index contributed by atoms with van der Waals surface area (Å²) in [6.45, 7) is 2.74. The first-order valence-corrected chi connectivity index (χ1v) is 11.5. The van der Waals surface area contributed by atoms with E-state index in [9.17, 15) is 14.7 Å². The fourth-order valence-corrected chi connectivity index (χ4v) is 4.63. The van der Waals surface area contributed by atoms with E-state index < -0.39 is 17.9 Å². The number of rotatable bonds is 10. The minimum Gasteiger partial charge on any atom is -0.493 e. The lowest BCUT2D eigenvalue weighted by Gasteiger charge is -2.23. The predicted octanol–water partition coefficient (Wildman–Crippen LogP) is 5.29. The topological polar surface area (TPSA) is 76.1 Å². The number of methoxy groups -OCH3 is 1. The van der Waals surface area contributed by atoms with E-state index in [4.69, 9.17) is 21.7 Å². The van der Waals surface area contributed by atoms with Gasteiger partial charge in [0.05, 0.1) is 18.6 Å². The number of ether oxygens (including phenoxy) is 2. The Balaban J connectivity index is 1.83. The number of hydrogen-bond acceptors (Lipinski definition) is 6. The highest BCUT2D eigenvalue weighted by Crippen LogP contribution is 2.39. The van der Waals surface area contributed by atoms with Crippen molar-refractivity contribution in [2.75, 3.05) is 13.7 Å². The molecule has 2 aromatic carbocycles. The normalized spacial score (nSPS) is 15.8. The number of carboxylic acids is 1. The molecule has 1 N–H and O–H groups in total. The molecule has 0 spiro atoms. The maximum atomic E-state index is 13.1. The van der Waals surface area contributed by atoms with Gasteiger partial charge in [0, 0.05) is 0 Å². The Morgan fingerprint density at radius 3 is 2.59 bits per heavy atom. The van der Waals surface area contributed by atoms with Gasteiger partial charge in [0.1, 0.15) is 4.32 Å². The van der Waals surface area contributed by atoms with Crippen LogP contribution in [0.5, 0.6) is 11.5 Å². The van der Waals surface area contributed by atoms with Gasteiger partial charge >= 0.3 is 5.97 Å². The summed E-state index contributed by atoms with van der Waals surface area (Å²) in [5.41, 5.74) is 1.22. The van der Waals surface area contributed by atoms with Crippen molar-refractivity contribution in [3.63, 3.8) is 0 Å². The average Bonchev–Trinajstić information content (AvgIpc) is 3.06. The number of carbonyl (C=O) groups excluding carboxylic acids is 1. The van der Waals surface area contributed by atoms with Gasteiger partial charge in [0.25, 0.3) is 5.91 Å². The van der Waals surface area contributed by atoms with E-state index in [-0.39, 0.29) is 4.32 Å². The number of hydrogen-bond donors (Lipinski definition) is 1. The van der Waals surface area contributed by atoms with Crippen molar-refractivity contribution in [3.8, 4) is 11.5 Å². The predicted molar refractivity (Wildman–Crippen MR) is 130 cm³/mol. The van der Waals surface area contributed by atoms with E-state index in [1.54, 1.807) is 55.7 Å². The number of carboxylic acid groups (broad SMARTS) is 1. The molecule has 32 heavy (non-hydrogen) atoms. The Morgan fingerprint density at radius 1 is 1.19 bits per heavy atom. The molecule has 1 heterocycles. The molecule has 8 heteroatoms. The van der Waals surface area contributed by atoms with E-state index in [1.807, 2.05) is 6.07 Å². The molecule has 0 bridgehead atoms. The fourth-order valence-electron chi connectivity index (χ4n) is 3.32. The minimum absolute atomic E-state index is 0.209. The second-order valence-corrected chi connectivity index (χ2v) is 8.84. The maximum absolute atomic E-state index is 13.1. The summed E-state index contributed by atoms with van der Waals surface area (Å²) in [7, 11) is 1.56. The van der Waals surface area contributed by atoms with Gasteiger partial charge < -0.3 is 14.6 Å². The van der Waals surface area contributed by atoms with Crippen LogP contribution in [0.2, 0.25) is 0 Å². The van der Waals surface area contributed by atoms with Gasteiger partial charge in [0.15, 0.2) is 17.5 Å². The molecule has 6 nitrogen and oxygen atoms in total. The number of amides is 1. The van der Waals surface area contributed by atoms with E-state index in [2.05, 4.69) is 6.92 Å². The van der Waals surface area contributed by atoms with E-state index in [0.717, 1.165) is 41.5 Å². The van der Waals surface area contributed by atoms with Gasteiger partial charge in [0.2, 0.25) is 0 Å². The highest BCUT2D eigenvalue weighted by Gasteiger charge is 2.41. The second kappa shape index (κ2) is 11.2. The summed E-state index contributed by atoms with van der Waals surface area (Å²) in [5.74, 6) is -0.364. The first-order valence-electron chi connectivity index (χ1n) is 10.3. The first-order chi connectivity index (χ1) is 15.5. The SMILES string of the molecule is CCCCCOc1ccc(/C=C2\SC(=S)N([C@@H](C(=O)O)c3ccccc3)C2=O)cc1OC. The molecule has 2 aromatic rings. The zero-order valence-corrected chi connectivity index (χ0v) is 19.6. The van der Waals surface area contributed by atoms with Crippen LogP contribution in [-0.2, 0) is 9.59 Å². The van der Waals surface area contributed by atoms with E-state index >= 15 is 0 Å². The molecule has 0 aliphatic carbocycles. The summed E-state index contributed by atoms with van der Waals surface area (Å²) in [4.78, 5) is 26.6. The van der Waals surface area contributed by atoms with Crippen LogP contribution in [0.15, 0.2) is 53.4 Å². The van der Waals surface area contributed by atoms with Crippen LogP contribution in [0, 0.1) is 0 Å². The summed E-state index contributed by atoms with van der Waals surface area (Å²) in [5, 5.41) is 9.79. The maximum Gasteiger partial charge on any atom is 0.331 e. The Bertz CT molecular complexity index is 1020. The van der Waals surface area contributed by atoms with E-state index in [0.29, 0.717) is 28.6 Å². The number of nitrogens with zero attached hydrogens (tertiary/aromatic N) is 1. The smallest absolute Gasteiger partial charge is 0.331 e. The quantitative estimate of drug-likeness (QED) is 0.287. The molecule has 1 saturated heterocycles. The number of aliphatic carboxylic acids is 1. The summed E-state index contributed by atoms with van der Waals surface area (Å²) in [6, 6.07) is 12.8. The third-order valence-electron chi connectivity index (χ3n) is 4.92. The highest BCUT2D eigenvalue weighted by atomic mass is 32.2. The Labute approximate surface area is 197 Å². The van der Waals surface area contributed by atoms with Crippen molar-refractivity contribution in [2.24, 2.45) is 0 Å². The van der Waals surface area contributed by atoms with Crippen LogP contribution in [0.1, 0.15) is 43.4 Å². The van der Waals surface area contributed by atoms with Crippen molar-refractivity contribution in [3.05, 3.63) is 64.6 Å². The van der Waals surface area contributed by atoms with Crippen molar-refractivity contribution in [1.29, 1.82) is 0 Å². The van der Waals surface area contributed by atoms with Crippen molar-refractivity contribution < 1.29 is 24.2 Å². The van der Waals surface area contributed by atoms with Gasteiger partial charge in [-0.15, -0.1) is 0 Å². The molecule has 0 unspecified atom stereocenters. The van der Waals surface area contributed by atoms with Gasteiger partial charge in [-0.1, -0.05) is 80.1 Å². The number of thioether (sulfide) groups is 1. The van der Waals surface area contributed by atoms with Crippen molar-refractivity contribution >= 4 is 46.3 Å². The molecule has 1 aliphatic rings. The summed E-state index contributed by atoms with van der Waals surface area (Å²) in [6.07, 6.45) is 4.87. The van der Waals surface area contributed by atoms with Crippen LogP contribution in [0.3, 0.4) is 0 Å². The van der Waals surface area contributed by atoms with Crippen LogP contribution in [0.4, 0.5) is 0 Å². The Hall–Kier alpha value is -2.84. The van der Waals surface area contributed by atoms with Gasteiger partial charge in [-0.25, -0.2) is 4.79 Å². The molecule has 0 saturated carbocycles.